The lowest BCUT2D eigenvalue weighted by Crippen LogP contribution is -2.23. The number of halogens is 1. The van der Waals surface area contributed by atoms with Gasteiger partial charge in [0.1, 0.15) is 11.5 Å². The van der Waals surface area contributed by atoms with Crippen molar-refractivity contribution >= 4 is 5.91 Å². The Morgan fingerprint density at radius 2 is 1.93 bits per heavy atom. The summed E-state index contributed by atoms with van der Waals surface area (Å²) in [5.41, 5.74) is 2.87. The zero-order valence-corrected chi connectivity index (χ0v) is 14.9. The van der Waals surface area contributed by atoms with Crippen LogP contribution in [0.3, 0.4) is 0 Å². The van der Waals surface area contributed by atoms with E-state index in [-0.39, 0.29) is 24.0 Å². The van der Waals surface area contributed by atoms with E-state index in [1.807, 2.05) is 30.3 Å². The molecule has 1 amide bonds. The SMILES string of the molecule is Cc1cc(-c2cc(C(=O)NCc3nnc(-c4ccccc4)o3)[nH]n2)ccc1F. The zero-order chi connectivity index (χ0) is 19.5. The molecular weight excluding hydrogens is 361 g/mol. The number of amides is 1. The molecule has 0 spiro atoms. The number of aromatic nitrogens is 4. The van der Waals surface area contributed by atoms with Crippen molar-refractivity contribution in [3.8, 4) is 22.7 Å². The molecular formula is C20H16FN5O2. The molecule has 0 radical (unpaired) electrons. The molecule has 4 aromatic rings. The van der Waals surface area contributed by atoms with Gasteiger partial charge in [-0.15, -0.1) is 10.2 Å². The Morgan fingerprint density at radius 1 is 1.11 bits per heavy atom. The Morgan fingerprint density at radius 3 is 2.71 bits per heavy atom. The minimum Gasteiger partial charge on any atom is -0.419 e. The third-order valence-corrected chi connectivity index (χ3v) is 4.16. The van der Waals surface area contributed by atoms with Crippen LogP contribution in [-0.2, 0) is 6.54 Å². The lowest BCUT2D eigenvalue weighted by Gasteiger charge is -2.00. The lowest BCUT2D eigenvalue weighted by atomic mass is 10.1. The number of aryl methyl sites for hydroxylation is 1. The van der Waals surface area contributed by atoms with Crippen molar-refractivity contribution in [3.05, 3.63) is 77.6 Å². The van der Waals surface area contributed by atoms with Crippen LogP contribution in [0.2, 0.25) is 0 Å². The predicted molar refractivity (Wildman–Crippen MR) is 99.6 cm³/mol. The summed E-state index contributed by atoms with van der Waals surface area (Å²) in [6.45, 7) is 1.76. The molecule has 0 fully saturated rings. The van der Waals surface area contributed by atoms with Gasteiger partial charge >= 0.3 is 0 Å². The van der Waals surface area contributed by atoms with Crippen LogP contribution in [-0.4, -0.2) is 26.3 Å². The van der Waals surface area contributed by atoms with Gasteiger partial charge in [0.2, 0.25) is 11.8 Å². The highest BCUT2D eigenvalue weighted by Gasteiger charge is 2.14. The first kappa shape index (κ1) is 17.6. The van der Waals surface area contributed by atoms with E-state index in [0.717, 1.165) is 11.1 Å². The van der Waals surface area contributed by atoms with Crippen molar-refractivity contribution in [1.29, 1.82) is 0 Å². The third kappa shape index (κ3) is 3.66. The van der Waals surface area contributed by atoms with Gasteiger partial charge in [0.25, 0.3) is 5.91 Å². The van der Waals surface area contributed by atoms with Crippen LogP contribution in [0.25, 0.3) is 22.7 Å². The van der Waals surface area contributed by atoms with E-state index in [1.165, 1.54) is 6.07 Å². The van der Waals surface area contributed by atoms with E-state index in [0.29, 0.717) is 23.0 Å². The third-order valence-electron chi connectivity index (χ3n) is 4.16. The van der Waals surface area contributed by atoms with Gasteiger partial charge in [-0.25, -0.2) is 4.39 Å². The number of aromatic amines is 1. The average Bonchev–Trinajstić information content (AvgIpc) is 3.39. The van der Waals surface area contributed by atoms with Crippen LogP contribution in [0, 0.1) is 12.7 Å². The standard InChI is InChI=1S/C20H16FN5O2/c1-12-9-14(7-8-15(12)21)16-10-17(24-23-16)19(27)22-11-18-25-26-20(28-18)13-5-3-2-4-6-13/h2-10H,11H2,1H3,(H,22,27)(H,23,24). The van der Waals surface area contributed by atoms with Gasteiger partial charge in [0.05, 0.1) is 12.2 Å². The number of nitrogens with one attached hydrogen (secondary N) is 2. The maximum atomic E-state index is 13.4. The second-order valence-electron chi connectivity index (χ2n) is 6.18. The number of H-pyrrole nitrogens is 1. The van der Waals surface area contributed by atoms with Crippen molar-refractivity contribution in [1.82, 2.24) is 25.7 Å². The Bertz CT molecular complexity index is 1120. The summed E-state index contributed by atoms with van der Waals surface area (Å²) in [4.78, 5) is 12.3. The fraction of sp³-hybridized carbons (Fsp3) is 0.100. The first-order chi connectivity index (χ1) is 13.6. The van der Waals surface area contributed by atoms with Gasteiger partial charge in [-0.3, -0.25) is 9.89 Å². The molecule has 0 aliphatic rings. The second-order valence-corrected chi connectivity index (χ2v) is 6.18. The van der Waals surface area contributed by atoms with Crippen molar-refractivity contribution in [2.75, 3.05) is 0 Å². The van der Waals surface area contributed by atoms with E-state index >= 15 is 0 Å². The number of hydrogen-bond donors (Lipinski definition) is 2. The highest BCUT2D eigenvalue weighted by Crippen LogP contribution is 2.21. The Kier molecular flexibility index (Phi) is 4.67. The molecule has 140 valence electrons. The molecule has 0 saturated heterocycles. The van der Waals surface area contributed by atoms with E-state index in [4.69, 9.17) is 4.42 Å². The molecule has 4 rings (SSSR count). The van der Waals surface area contributed by atoms with E-state index in [1.54, 1.807) is 25.1 Å². The van der Waals surface area contributed by atoms with Crippen LogP contribution < -0.4 is 5.32 Å². The average molecular weight is 377 g/mol. The monoisotopic (exact) mass is 377 g/mol. The van der Waals surface area contributed by atoms with Crippen molar-refractivity contribution in [3.63, 3.8) is 0 Å². The molecule has 0 unspecified atom stereocenters. The number of rotatable bonds is 5. The predicted octanol–water partition coefficient (Wildman–Crippen LogP) is 3.50. The Labute approximate surface area is 159 Å². The fourth-order valence-electron chi connectivity index (χ4n) is 2.66. The van der Waals surface area contributed by atoms with Gasteiger partial charge in [-0.2, -0.15) is 5.10 Å². The van der Waals surface area contributed by atoms with Gasteiger partial charge in [-0.05, 0) is 48.9 Å². The summed E-state index contributed by atoms with van der Waals surface area (Å²) in [7, 11) is 0. The first-order valence-corrected chi connectivity index (χ1v) is 8.58. The fourth-order valence-corrected chi connectivity index (χ4v) is 2.66. The van der Waals surface area contributed by atoms with Crippen molar-refractivity contribution < 1.29 is 13.6 Å². The molecule has 2 aromatic carbocycles. The summed E-state index contributed by atoms with van der Waals surface area (Å²) in [5.74, 6) is 0.0326. The number of carbonyl (C=O) groups is 1. The van der Waals surface area contributed by atoms with Crippen LogP contribution in [0.4, 0.5) is 4.39 Å². The maximum Gasteiger partial charge on any atom is 0.269 e. The smallest absolute Gasteiger partial charge is 0.269 e. The molecule has 8 heteroatoms. The van der Waals surface area contributed by atoms with Crippen molar-refractivity contribution in [2.45, 2.75) is 13.5 Å². The second kappa shape index (κ2) is 7.43. The minimum atomic E-state index is -0.364. The number of nitrogens with zero attached hydrogens (tertiary/aromatic N) is 3. The highest BCUT2D eigenvalue weighted by molar-refractivity contribution is 5.93. The number of hydrogen-bond acceptors (Lipinski definition) is 5. The quantitative estimate of drug-likeness (QED) is 0.555. The number of benzene rings is 2. The highest BCUT2D eigenvalue weighted by atomic mass is 19.1. The molecule has 0 saturated carbocycles. The number of carbonyl (C=O) groups excluding carboxylic acids is 1. The van der Waals surface area contributed by atoms with E-state index in [2.05, 4.69) is 25.7 Å². The van der Waals surface area contributed by atoms with Crippen LogP contribution >= 0.6 is 0 Å². The molecule has 0 aliphatic carbocycles. The lowest BCUT2D eigenvalue weighted by molar-refractivity contribution is 0.0942. The molecule has 0 aliphatic heterocycles. The molecule has 0 atom stereocenters. The molecule has 0 bridgehead atoms. The Hall–Kier alpha value is -3.81. The molecule has 7 nitrogen and oxygen atoms in total. The van der Waals surface area contributed by atoms with Gasteiger partial charge in [0, 0.05) is 11.1 Å². The summed E-state index contributed by atoms with van der Waals surface area (Å²) >= 11 is 0. The van der Waals surface area contributed by atoms with Gasteiger partial charge in [-0.1, -0.05) is 18.2 Å². The summed E-state index contributed by atoms with van der Waals surface area (Å²) in [5, 5.41) is 17.4. The molecule has 28 heavy (non-hydrogen) atoms. The molecule has 2 aromatic heterocycles. The maximum absolute atomic E-state index is 13.4. The first-order valence-electron chi connectivity index (χ1n) is 8.58. The largest absolute Gasteiger partial charge is 0.419 e. The molecule has 2 N–H and O–H groups in total. The van der Waals surface area contributed by atoms with Crippen LogP contribution in [0.5, 0.6) is 0 Å². The van der Waals surface area contributed by atoms with E-state index < -0.39 is 0 Å². The minimum absolute atomic E-state index is 0.0860. The van der Waals surface area contributed by atoms with Crippen LogP contribution in [0.15, 0.2) is 59.0 Å². The van der Waals surface area contributed by atoms with Crippen molar-refractivity contribution in [2.24, 2.45) is 0 Å². The van der Waals surface area contributed by atoms with Crippen LogP contribution in [0.1, 0.15) is 21.9 Å². The zero-order valence-electron chi connectivity index (χ0n) is 14.9. The topological polar surface area (TPSA) is 96.7 Å². The van der Waals surface area contributed by atoms with Gasteiger partial charge < -0.3 is 9.73 Å². The van der Waals surface area contributed by atoms with E-state index in [9.17, 15) is 9.18 Å². The van der Waals surface area contributed by atoms with Gasteiger partial charge in [0.15, 0.2) is 0 Å². The summed E-state index contributed by atoms with van der Waals surface area (Å²) in [6, 6.07) is 15.6. The summed E-state index contributed by atoms with van der Waals surface area (Å²) in [6.07, 6.45) is 0. The Balaban J connectivity index is 1.41. The summed E-state index contributed by atoms with van der Waals surface area (Å²) < 4.78 is 19.0. The normalized spacial score (nSPS) is 10.8. The molecule has 2 heterocycles.